The molecule has 122 valence electrons. The molecule has 5 heteroatoms. The van der Waals surface area contributed by atoms with E-state index in [9.17, 15) is 0 Å². The molecule has 22 heavy (non-hydrogen) atoms. The molecule has 0 fully saturated rings. The molecule has 0 heterocycles. The Bertz CT molecular complexity index is 337. The highest BCUT2D eigenvalue weighted by molar-refractivity contribution is 6.73. The van der Waals surface area contributed by atoms with Gasteiger partial charge in [-0.1, -0.05) is 19.3 Å². The van der Waals surface area contributed by atoms with Crippen LogP contribution in [0.5, 0.6) is 0 Å². The summed E-state index contributed by atoms with van der Waals surface area (Å²) in [6.45, 7) is 2.81. The minimum Gasteiger partial charge on any atom is -0.417 e. The molecule has 0 aliphatic heterocycles. The smallest absolute Gasteiger partial charge is 0.192 e. The van der Waals surface area contributed by atoms with Crippen LogP contribution >= 0.6 is 0 Å². The maximum Gasteiger partial charge on any atom is 0.192 e. The first-order chi connectivity index (χ1) is 10.7. The van der Waals surface area contributed by atoms with E-state index >= 15 is 0 Å². The van der Waals surface area contributed by atoms with Crippen LogP contribution < -0.4 is 0 Å². The average molecular weight is 320 g/mol. The van der Waals surface area contributed by atoms with E-state index in [1.807, 2.05) is 0 Å². The quantitative estimate of drug-likeness (QED) is 0.331. The molecule has 0 N–H and O–H groups in total. The van der Waals surface area contributed by atoms with Gasteiger partial charge in [0.25, 0.3) is 0 Å². The van der Waals surface area contributed by atoms with Crippen LogP contribution in [0, 0.1) is 34.0 Å². The summed E-state index contributed by atoms with van der Waals surface area (Å²) in [6.07, 6.45) is 7.93. The van der Waals surface area contributed by atoms with Crippen molar-refractivity contribution >= 4 is 8.32 Å². The summed E-state index contributed by atoms with van der Waals surface area (Å²) in [4.78, 5) is 0. The highest BCUT2D eigenvalue weighted by Gasteiger charge is 2.32. The van der Waals surface area contributed by atoms with Crippen molar-refractivity contribution in [2.75, 3.05) is 6.61 Å². The Balaban J connectivity index is 4.51. The number of nitrogens with zero attached hydrogens (tertiary/aromatic N) is 3. The van der Waals surface area contributed by atoms with Crippen LogP contribution in [0.3, 0.4) is 0 Å². The van der Waals surface area contributed by atoms with E-state index in [1.54, 1.807) is 0 Å². The van der Waals surface area contributed by atoms with Crippen LogP contribution in [0.2, 0.25) is 18.1 Å². The zero-order valence-corrected chi connectivity index (χ0v) is 14.9. The van der Waals surface area contributed by atoms with Gasteiger partial charge in [-0.3, -0.25) is 0 Å². The Morgan fingerprint density at radius 3 is 1.32 bits per heavy atom. The molecule has 0 saturated heterocycles. The fourth-order valence-corrected chi connectivity index (χ4v) is 7.33. The van der Waals surface area contributed by atoms with Gasteiger partial charge in [-0.05, 0) is 44.3 Å². The van der Waals surface area contributed by atoms with Crippen LogP contribution in [0.4, 0.5) is 0 Å². The minimum absolute atomic E-state index is 0.624. The van der Waals surface area contributed by atoms with Gasteiger partial charge in [0.1, 0.15) is 0 Å². The van der Waals surface area contributed by atoms with E-state index in [2.05, 4.69) is 25.1 Å². The van der Waals surface area contributed by atoms with Crippen LogP contribution in [-0.4, -0.2) is 14.9 Å². The van der Waals surface area contributed by atoms with Crippen LogP contribution in [0.25, 0.3) is 0 Å². The van der Waals surface area contributed by atoms with Crippen molar-refractivity contribution in [3.05, 3.63) is 0 Å². The summed E-state index contributed by atoms with van der Waals surface area (Å²) in [5, 5.41) is 26.0. The molecule has 0 rings (SSSR count). The predicted octanol–water partition coefficient (Wildman–Crippen LogP) is 5.05. The summed E-state index contributed by atoms with van der Waals surface area (Å²) in [6, 6.07) is 9.96. The molecule has 0 radical (unpaired) electrons. The Kier molecular flexibility index (Phi) is 13.7. The first-order valence-corrected chi connectivity index (χ1v) is 11.0. The van der Waals surface area contributed by atoms with Crippen LogP contribution in [0.1, 0.15) is 64.7 Å². The average Bonchev–Trinajstić information content (AvgIpc) is 2.53. The lowest BCUT2D eigenvalue weighted by Gasteiger charge is -2.31. The molecule has 0 bridgehead atoms. The first kappa shape index (κ1) is 20.6. The lowest BCUT2D eigenvalue weighted by Crippen LogP contribution is -2.38. The van der Waals surface area contributed by atoms with Gasteiger partial charge in [-0.2, -0.15) is 15.8 Å². The third-order valence-corrected chi connectivity index (χ3v) is 8.66. The van der Waals surface area contributed by atoms with Crippen molar-refractivity contribution in [1.82, 2.24) is 0 Å². The second kappa shape index (κ2) is 14.6. The SMILES string of the molecule is CCO[Si](CCCCC#N)(CCCCC#N)CCCCC#N. The minimum atomic E-state index is -1.77. The first-order valence-electron chi connectivity index (χ1n) is 8.49. The standard InChI is InChI=1S/C17H29N3OSi/c1-2-21-22(15-9-3-6-12-18,16-10-4-7-13-19)17-11-5-8-14-20/h2-11,15-17H2,1H3. The van der Waals surface area contributed by atoms with E-state index < -0.39 is 8.32 Å². The van der Waals surface area contributed by atoms with Gasteiger partial charge in [0.05, 0.1) is 18.2 Å². The fourth-order valence-electron chi connectivity index (χ4n) is 2.85. The van der Waals surface area contributed by atoms with Crippen molar-refractivity contribution in [3.63, 3.8) is 0 Å². The summed E-state index contributed by atoms with van der Waals surface area (Å²) in [5.74, 6) is 0. The van der Waals surface area contributed by atoms with Crippen molar-refractivity contribution in [2.24, 2.45) is 0 Å². The molecule has 0 unspecified atom stereocenters. The molecular formula is C17H29N3OSi. The molecule has 0 amide bonds. The number of nitriles is 3. The molecule has 0 aromatic carbocycles. The van der Waals surface area contributed by atoms with E-state index in [0.717, 1.165) is 63.3 Å². The molecule has 0 aromatic rings. The number of rotatable bonds is 14. The molecule has 0 atom stereocenters. The van der Waals surface area contributed by atoms with E-state index in [4.69, 9.17) is 20.2 Å². The zero-order chi connectivity index (χ0) is 16.5. The van der Waals surface area contributed by atoms with Crippen molar-refractivity contribution in [3.8, 4) is 18.2 Å². The Labute approximate surface area is 136 Å². The molecule has 0 aliphatic rings. The van der Waals surface area contributed by atoms with Gasteiger partial charge in [-0.25, -0.2) is 0 Å². The maximum absolute atomic E-state index is 8.67. The number of hydrogen-bond acceptors (Lipinski definition) is 4. The highest BCUT2D eigenvalue weighted by Crippen LogP contribution is 2.30. The molecular weight excluding hydrogens is 290 g/mol. The molecule has 0 spiro atoms. The third kappa shape index (κ3) is 10.4. The lowest BCUT2D eigenvalue weighted by atomic mass is 10.3. The van der Waals surface area contributed by atoms with Crippen LogP contribution in [0.15, 0.2) is 0 Å². The zero-order valence-electron chi connectivity index (χ0n) is 13.9. The molecule has 4 nitrogen and oxygen atoms in total. The number of unbranched alkanes of at least 4 members (excludes halogenated alkanes) is 6. The largest absolute Gasteiger partial charge is 0.417 e. The fraction of sp³-hybridized carbons (Fsp3) is 0.824. The summed E-state index contributed by atoms with van der Waals surface area (Å²) in [7, 11) is -1.77. The van der Waals surface area contributed by atoms with Gasteiger partial charge in [0.2, 0.25) is 0 Å². The topological polar surface area (TPSA) is 80.6 Å². The second-order valence-electron chi connectivity index (χ2n) is 5.71. The van der Waals surface area contributed by atoms with Crippen molar-refractivity contribution in [2.45, 2.75) is 82.8 Å². The van der Waals surface area contributed by atoms with Gasteiger partial charge >= 0.3 is 0 Å². The number of hydrogen-bond donors (Lipinski definition) is 0. The molecule has 0 saturated carbocycles. The van der Waals surface area contributed by atoms with E-state index in [-0.39, 0.29) is 0 Å². The van der Waals surface area contributed by atoms with E-state index in [0.29, 0.717) is 19.3 Å². The van der Waals surface area contributed by atoms with Gasteiger partial charge < -0.3 is 4.43 Å². The third-order valence-electron chi connectivity index (χ3n) is 3.96. The maximum atomic E-state index is 8.67. The molecule has 0 aliphatic carbocycles. The summed E-state index contributed by atoms with van der Waals surface area (Å²) in [5.41, 5.74) is 0. The summed E-state index contributed by atoms with van der Waals surface area (Å²) < 4.78 is 6.26. The lowest BCUT2D eigenvalue weighted by molar-refractivity contribution is 0.313. The normalized spacial score (nSPS) is 10.6. The van der Waals surface area contributed by atoms with Crippen molar-refractivity contribution in [1.29, 1.82) is 15.8 Å². The summed E-state index contributed by atoms with van der Waals surface area (Å²) >= 11 is 0. The predicted molar refractivity (Wildman–Crippen MR) is 90.2 cm³/mol. The Morgan fingerprint density at radius 2 is 1.05 bits per heavy atom. The Hall–Kier alpha value is -1.35. The van der Waals surface area contributed by atoms with Gasteiger partial charge in [-0.15, -0.1) is 0 Å². The van der Waals surface area contributed by atoms with Crippen molar-refractivity contribution < 1.29 is 4.43 Å². The second-order valence-corrected chi connectivity index (χ2v) is 9.87. The monoisotopic (exact) mass is 319 g/mol. The molecule has 0 aromatic heterocycles. The van der Waals surface area contributed by atoms with Gasteiger partial charge in [0, 0.05) is 25.9 Å². The van der Waals surface area contributed by atoms with E-state index in [1.165, 1.54) is 0 Å². The Morgan fingerprint density at radius 1 is 0.682 bits per heavy atom. The van der Waals surface area contributed by atoms with Gasteiger partial charge in [0.15, 0.2) is 8.32 Å². The highest BCUT2D eigenvalue weighted by atomic mass is 28.4. The van der Waals surface area contributed by atoms with Crippen LogP contribution in [-0.2, 0) is 4.43 Å².